The summed E-state index contributed by atoms with van der Waals surface area (Å²) in [5.74, 6) is 0.323. The fourth-order valence-electron chi connectivity index (χ4n) is 3.44. The van der Waals surface area contributed by atoms with Crippen LogP contribution in [0.3, 0.4) is 0 Å². The Labute approximate surface area is 177 Å². The fourth-order valence-corrected chi connectivity index (χ4v) is 3.44. The molecule has 0 aliphatic rings. The number of ether oxygens (including phenoxy) is 1. The summed E-state index contributed by atoms with van der Waals surface area (Å²) in [6, 6.07) is 17.3. The van der Waals surface area contributed by atoms with Gasteiger partial charge in [0.25, 0.3) is 6.43 Å². The van der Waals surface area contributed by atoms with Crippen LogP contribution in [-0.2, 0) is 11.3 Å². The zero-order valence-corrected chi connectivity index (χ0v) is 17.0. The number of alkyl halides is 2. The molecule has 4 rings (SSSR count). The van der Waals surface area contributed by atoms with Crippen molar-refractivity contribution in [1.82, 2.24) is 14.8 Å². The Kier molecular flexibility index (Phi) is 5.62. The second-order valence-electron chi connectivity index (χ2n) is 6.98. The number of hydrogen-bond acceptors (Lipinski definition) is 4. The Morgan fingerprint density at radius 1 is 1.13 bits per heavy atom. The van der Waals surface area contributed by atoms with Gasteiger partial charge in [0, 0.05) is 16.8 Å². The van der Waals surface area contributed by atoms with Gasteiger partial charge >= 0.3 is 0 Å². The quantitative estimate of drug-likeness (QED) is 0.475. The van der Waals surface area contributed by atoms with Gasteiger partial charge in [-0.2, -0.15) is 5.10 Å². The number of nitrogens with zero attached hydrogens (tertiary/aromatic N) is 3. The SMILES string of the molecule is COc1ccc(NC(=O)Cn2nc(C)c3c(C(F)F)cc(-c4ccccc4)nc32)cc1. The van der Waals surface area contributed by atoms with E-state index >= 15 is 0 Å². The average Bonchev–Trinajstić information content (AvgIpc) is 3.09. The third kappa shape index (κ3) is 4.23. The number of nitrogens with one attached hydrogen (secondary N) is 1. The molecule has 0 spiro atoms. The minimum Gasteiger partial charge on any atom is -0.497 e. The van der Waals surface area contributed by atoms with Gasteiger partial charge in [-0.25, -0.2) is 18.4 Å². The number of methoxy groups -OCH3 is 1. The molecule has 0 atom stereocenters. The molecule has 158 valence electrons. The summed E-state index contributed by atoms with van der Waals surface area (Å²) in [7, 11) is 1.56. The van der Waals surface area contributed by atoms with E-state index in [-0.39, 0.29) is 29.0 Å². The molecule has 2 aromatic heterocycles. The molecule has 0 saturated heterocycles. The van der Waals surface area contributed by atoms with Crippen molar-refractivity contribution in [2.75, 3.05) is 12.4 Å². The molecule has 0 fully saturated rings. The first-order valence-electron chi connectivity index (χ1n) is 9.62. The second-order valence-corrected chi connectivity index (χ2v) is 6.98. The monoisotopic (exact) mass is 422 g/mol. The number of carbonyl (C=O) groups is 1. The van der Waals surface area contributed by atoms with E-state index in [0.29, 0.717) is 28.4 Å². The number of halogens is 2. The molecule has 2 aromatic carbocycles. The largest absolute Gasteiger partial charge is 0.497 e. The number of pyridine rings is 1. The van der Waals surface area contributed by atoms with E-state index in [1.807, 2.05) is 18.2 Å². The average molecular weight is 422 g/mol. The molecular weight excluding hydrogens is 402 g/mol. The fraction of sp³-hybridized carbons (Fsp3) is 0.174. The van der Waals surface area contributed by atoms with Crippen LogP contribution in [0.25, 0.3) is 22.3 Å². The molecule has 31 heavy (non-hydrogen) atoms. The molecule has 6 nitrogen and oxygen atoms in total. The maximum absolute atomic E-state index is 13.8. The minimum absolute atomic E-state index is 0.150. The van der Waals surface area contributed by atoms with Gasteiger partial charge in [-0.3, -0.25) is 4.79 Å². The molecule has 0 radical (unpaired) electrons. The Morgan fingerprint density at radius 2 is 1.84 bits per heavy atom. The van der Waals surface area contributed by atoms with E-state index in [0.717, 1.165) is 0 Å². The highest BCUT2D eigenvalue weighted by molar-refractivity contribution is 5.92. The molecule has 4 aromatic rings. The van der Waals surface area contributed by atoms with Crippen LogP contribution in [0, 0.1) is 6.92 Å². The lowest BCUT2D eigenvalue weighted by Gasteiger charge is -2.09. The first-order chi connectivity index (χ1) is 15.0. The van der Waals surface area contributed by atoms with Crippen LogP contribution >= 0.6 is 0 Å². The summed E-state index contributed by atoms with van der Waals surface area (Å²) < 4.78 is 34.1. The highest BCUT2D eigenvalue weighted by Gasteiger charge is 2.22. The molecular formula is C23H20F2N4O2. The number of anilines is 1. The number of amides is 1. The van der Waals surface area contributed by atoms with E-state index in [2.05, 4.69) is 15.4 Å². The molecule has 0 bridgehead atoms. The van der Waals surface area contributed by atoms with Gasteiger partial charge < -0.3 is 10.1 Å². The molecule has 1 N–H and O–H groups in total. The summed E-state index contributed by atoms with van der Waals surface area (Å²) in [6.45, 7) is 1.47. The highest BCUT2D eigenvalue weighted by Crippen LogP contribution is 2.33. The van der Waals surface area contributed by atoms with E-state index in [4.69, 9.17) is 4.74 Å². The van der Waals surface area contributed by atoms with Gasteiger partial charge in [0.15, 0.2) is 5.65 Å². The Balaban J connectivity index is 1.70. The van der Waals surface area contributed by atoms with Crippen LogP contribution in [0.5, 0.6) is 5.75 Å². The molecule has 0 saturated carbocycles. The molecule has 8 heteroatoms. The molecule has 2 heterocycles. The Morgan fingerprint density at radius 3 is 2.48 bits per heavy atom. The summed E-state index contributed by atoms with van der Waals surface area (Å²) in [4.78, 5) is 17.1. The summed E-state index contributed by atoms with van der Waals surface area (Å²) in [5.41, 5.74) is 2.20. The van der Waals surface area contributed by atoms with Gasteiger partial charge in [-0.05, 0) is 37.3 Å². The highest BCUT2D eigenvalue weighted by atomic mass is 19.3. The van der Waals surface area contributed by atoms with Crippen LogP contribution in [0.15, 0.2) is 60.7 Å². The number of rotatable bonds is 6. The first kappa shape index (κ1) is 20.5. The Bertz CT molecular complexity index is 1220. The zero-order valence-electron chi connectivity index (χ0n) is 17.0. The number of hydrogen-bond donors (Lipinski definition) is 1. The van der Waals surface area contributed by atoms with Crippen molar-refractivity contribution in [2.45, 2.75) is 19.9 Å². The lowest BCUT2D eigenvalue weighted by Crippen LogP contribution is -2.19. The maximum atomic E-state index is 13.8. The van der Waals surface area contributed by atoms with E-state index in [9.17, 15) is 13.6 Å². The van der Waals surface area contributed by atoms with E-state index in [1.54, 1.807) is 50.4 Å². The van der Waals surface area contributed by atoms with Crippen LogP contribution in [0.2, 0.25) is 0 Å². The number of aromatic nitrogens is 3. The van der Waals surface area contributed by atoms with Crippen LogP contribution < -0.4 is 10.1 Å². The van der Waals surface area contributed by atoms with Crippen LogP contribution in [0.1, 0.15) is 17.7 Å². The number of aryl methyl sites for hydroxylation is 1. The minimum atomic E-state index is -2.70. The van der Waals surface area contributed by atoms with Crippen molar-refractivity contribution in [1.29, 1.82) is 0 Å². The number of benzene rings is 2. The maximum Gasteiger partial charge on any atom is 0.264 e. The van der Waals surface area contributed by atoms with Crippen molar-refractivity contribution in [2.24, 2.45) is 0 Å². The Hall–Kier alpha value is -3.81. The normalized spacial score (nSPS) is 11.1. The lowest BCUT2D eigenvalue weighted by molar-refractivity contribution is -0.116. The number of fused-ring (bicyclic) bond motifs is 1. The van der Waals surface area contributed by atoms with E-state index < -0.39 is 6.43 Å². The standard InChI is InChI=1S/C23H20F2N4O2/c1-14-21-18(22(24)25)12-19(15-6-4-3-5-7-15)27-23(21)29(28-14)13-20(30)26-16-8-10-17(31-2)11-9-16/h3-12,22H,13H2,1-2H3,(H,26,30). The third-order valence-electron chi connectivity index (χ3n) is 4.88. The van der Waals surface area contributed by atoms with Gasteiger partial charge in [0.05, 0.1) is 23.9 Å². The van der Waals surface area contributed by atoms with Crippen molar-refractivity contribution < 1.29 is 18.3 Å². The van der Waals surface area contributed by atoms with Crippen molar-refractivity contribution in [3.63, 3.8) is 0 Å². The molecule has 0 aliphatic carbocycles. The van der Waals surface area contributed by atoms with Gasteiger partial charge in [-0.15, -0.1) is 0 Å². The predicted molar refractivity (Wildman–Crippen MR) is 114 cm³/mol. The number of carbonyl (C=O) groups excluding carboxylic acids is 1. The first-order valence-corrected chi connectivity index (χ1v) is 9.62. The smallest absolute Gasteiger partial charge is 0.264 e. The molecule has 1 amide bonds. The van der Waals surface area contributed by atoms with Gasteiger partial charge in [0.2, 0.25) is 5.91 Å². The summed E-state index contributed by atoms with van der Waals surface area (Å²) >= 11 is 0. The third-order valence-corrected chi connectivity index (χ3v) is 4.88. The zero-order chi connectivity index (χ0) is 22.0. The van der Waals surface area contributed by atoms with Crippen LogP contribution in [-0.4, -0.2) is 27.8 Å². The lowest BCUT2D eigenvalue weighted by atomic mass is 10.1. The topological polar surface area (TPSA) is 69.0 Å². The molecule has 0 aliphatic heterocycles. The summed E-state index contributed by atoms with van der Waals surface area (Å²) in [6.07, 6.45) is -2.70. The summed E-state index contributed by atoms with van der Waals surface area (Å²) in [5, 5.41) is 7.35. The van der Waals surface area contributed by atoms with Crippen molar-refractivity contribution >= 4 is 22.6 Å². The van der Waals surface area contributed by atoms with Crippen LogP contribution in [0.4, 0.5) is 14.5 Å². The van der Waals surface area contributed by atoms with Crippen molar-refractivity contribution in [3.05, 3.63) is 71.9 Å². The second kappa shape index (κ2) is 8.51. The van der Waals surface area contributed by atoms with Gasteiger partial charge in [-0.1, -0.05) is 30.3 Å². The molecule has 0 unspecified atom stereocenters. The van der Waals surface area contributed by atoms with E-state index in [1.165, 1.54) is 10.7 Å². The predicted octanol–water partition coefficient (Wildman–Crippen LogP) is 4.99. The van der Waals surface area contributed by atoms with Crippen molar-refractivity contribution in [3.8, 4) is 17.0 Å². The van der Waals surface area contributed by atoms with Gasteiger partial charge in [0.1, 0.15) is 12.3 Å².